The molecular weight excluding hydrogens is 82.9 g/mol. The van der Waals surface area contributed by atoms with E-state index in [1.807, 2.05) is 0 Å². The second-order valence-electron chi connectivity index (χ2n) is 0.141. The van der Waals surface area contributed by atoms with E-state index in [9.17, 15) is 0 Å². The minimum absolute atomic E-state index is 0. The molecule has 0 bridgehead atoms. The van der Waals surface area contributed by atoms with E-state index in [4.69, 9.17) is 10.0 Å². The van der Waals surface area contributed by atoms with E-state index in [0.29, 0.717) is 0 Å². The third kappa shape index (κ3) is 10.6. The fraction of sp³-hybridized carbons (Fsp3) is 0. The Morgan fingerprint density at radius 1 is 1.25 bits per heavy atom. The summed E-state index contributed by atoms with van der Waals surface area (Å²) in [5, 5.41) is 14.2. The molecule has 0 amide bonds. The second-order valence-corrected chi connectivity index (χ2v) is 0.141. The minimum atomic E-state index is -0.750. The normalized spacial score (nSPS) is 3.50. The molecule has 0 radical (unpaired) electrons. The van der Waals surface area contributed by atoms with Crippen molar-refractivity contribution in [1.29, 1.82) is 0 Å². The summed E-state index contributed by atoms with van der Waals surface area (Å²) in [5.74, 6) is 0. The van der Waals surface area contributed by atoms with E-state index in [1.54, 1.807) is 0 Å². The van der Waals surface area contributed by atoms with Gasteiger partial charge in [-0.3, -0.25) is 0 Å². The van der Waals surface area contributed by atoms with Crippen molar-refractivity contribution in [1.82, 2.24) is 0 Å². The molecule has 22 valence electrons. The molecule has 0 aliphatic carbocycles. The molecule has 4 heteroatoms. The first-order valence-corrected chi connectivity index (χ1v) is 0.632. The average molecular weight is 87.9 g/mol. The van der Waals surface area contributed by atoms with Crippen LogP contribution in [0.15, 0.2) is 0 Å². The van der Waals surface area contributed by atoms with Gasteiger partial charge in [0.2, 0.25) is 0 Å². The Kier molecular flexibility index (Phi) is 19.9. The summed E-state index contributed by atoms with van der Waals surface area (Å²) in [7, 11) is -0.750. The van der Waals surface area contributed by atoms with Crippen LogP contribution in [0.25, 0.3) is 0 Å². The molecule has 0 saturated carbocycles. The molecule has 0 saturated heterocycles. The Bertz CT molecular complexity index is 6.00. The van der Waals surface area contributed by atoms with Crippen LogP contribution in [0.2, 0.25) is 0 Å². The van der Waals surface area contributed by atoms with Gasteiger partial charge in [0, 0.05) is 0 Å². The zero-order chi connectivity index (χ0) is 2.71. The van der Waals surface area contributed by atoms with Gasteiger partial charge in [-0.05, 0) is 0 Å². The molecule has 0 aromatic heterocycles. The average Bonchev–Trinajstić information content (AvgIpc) is 0.918. The van der Waals surface area contributed by atoms with Gasteiger partial charge in [0.1, 0.15) is 0 Å². The fourth-order valence-electron chi connectivity index (χ4n) is 0. The predicted octanol–water partition coefficient (Wildman–Crippen LogP) is -2.68. The van der Waals surface area contributed by atoms with Gasteiger partial charge in [-0.15, -0.1) is 0 Å². The van der Waals surface area contributed by atoms with E-state index in [2.05, 4.69) is 0 Å². The van der Waals surface area contributed by atoms with Gasteiger partial charge in [0.15, 0.2) is 0 Å². The molecule has 0 aliphatic heterocycles. The molecule has 0 aromatic rings. The molecule has 0 heterocycles. The van der Waals surface area contributed by atoms with E-state index >= 15 is 0 Å². The number of hydrogen-bond donors (Lipinski definition) is 2. The van der Waals surface area contributed by atoms with Crippen LogP contribution in [0.3, 0.4) is 0 Å². The van der Waals surface area contributed by atoms with Gasteiger partial charge in [-0.1, -0.05) is 0 Å². The van der Waals surface area contributed by atoms with Crippen LogP contribution in [0.1, 0.15) is 0 Å². The van der Waals surface area contributed by atoms with Crippen molar-refractivity contribution in [3.63, 3.8) is 0 Å². The molecule has 0 unspecified atom stereocenters. The summed E-state index contributed by atoms with van der Waals surface area (Å²) in [6, 6.07) is 0. The van der Waals surface area contributed by atoms with Crippen LogP contribution in [0.4, 0.5) is 0 Å². The monoisotopic (exact) mass is 88.0 g/mol. The van der Waals surface area contributed by atoms with Gasteiger partial charge in [-0.2, -0.15) is 0 Å². The standard InChI is InChI=1S/BH3O2.Ca.2H/c2-1-3;;;/h1-3H;;;. The summed E-state index contributed by atoms with van der Waals surface area (Å²) >= 11 is 0. The van der Waals surface area contributed by atoms with E-state index < -0.39 is 7.69 Å². The van der Waals surface area contributed by atoms with E-state index in [1.165, 1.54) is 0 Å². The van der Waals surface area contributed by atoms with Crippen molar-refractivity contribution in [2.45, 2.75) is 0 Å². The van der Waals surface area contributed by atoms with Crippen molar-refractivity contribution in [2.24, 2.45) is 0 Å². The topological polar surface area (TPSA) is 40.5 Å². The first-order valence-electron chi connectivity index (χ1n) is 0.632. The number of rotatable bonds is 0. The molecule has 4 heavy (non-hydrogen) atoms. The van der Waals surface area contributed by atoms with Gasteiger partial charge in [-0.25, -0.2) is 0 Å². The first-order chi connectivity index (χ1) is 1.41. The van der Waals surface area contributed by atoms with Crippen molar-refractivity contribution in [3.05, 3.63) is 0 Å². The molecule has 2 nitrogen and oxygen atoms in total. The molecule has 0 spiro atoms. The fourth-order valence-corrected chi connectivity index (χ4v) is 0. The van der Waals surface area contributed by atoms with Crippen molar-refractivity contribution < 1.29 is 10.0 Å². The van der Waals surface area contributed by atoms with Gasteiger partial charge in [0.25, 0.3) is 0 Å². The summed E-state index contributed by atoms with van der Waals surface area (Å²) in [6.07, 6.45) is 0. The van der Waals surface area contributed by atoms with Gasteiger partial charge >= 0.3 is 45.4 Å². The maximum absolute atomic E-state index is 7.12. The van der Waals surface area contributed by atoms with Gasteiger partial charge < -0.3 is 10.0 Å². The van der Waals surface area contributed by atoms with Crippen molar-refractivity contribution in [2.75, 3.05) is 0 Å². The molecule has 0 aromatic carbocycles. The van der Waals surface area contributed by atoms with E-state index in [0.717, 1.165) is 0 Å². The van der Waals surface area contributed by atoms with Crippen LogP contribution in [0, 0.1) is 0 Å². The summed E-state index contributed by atoms with van der Waals surface area (Å²) in [4.78, 5) is 0. The molecule has 0 fully saturated rings. The summed E-state index contributed by atoms with van der Waals surface area (Å²) in [5.41, 5.74) is 0. The van der Waals surface area contributed by atoms with Crippen LogP contribution < -0.4 is 0 Å². The van der Waals surface area contributed by atoms with Crippen molar-refractivity contribution in [3.8, 4) is 0 Å². The molecule has 0 atom stereocenters. The summed E-state index contributed by atoms with van der Waals surface area (Å²) in [6.45, 7) is 0. The first kappa shape index (κ1) is 8.98. The van der Waals surface area contributed by atoms with Crippen LogP contribution >= 0.6 is 0 Å². The maximum atomic E-state index is 7.12. The van der Waals surface area contributed by atoms with Crippen molar-refractivity contribution >= 4 is 45.4 Å². The molecule has 2 N–H and O–H groups in total. The number of hydrogen-bond acceptors (Lipinski definition) is 2. The third-order valence-electron chi connectivity index (χ3n) is 0. The zero-order valence-corrected chi connectivity index (χ0v) is 1.60. The zero-order valence-electron chi connectivity index (χ0n) is 1.60. The Morgan fingerprint density at radius 3 is 1.25 bits per heavy atom. The SMILES string of the molecule is OBO.[CaH2]. The van der Waals surface area contributed by atoms with Crippen LogP contribution in [0.5, 0.6) is 0 Å². The Hall–Kier alpha value is 1.24. The third-order valence-corrected chi connectivity index (χ3v) is 0. The molecular formula is H5BCaO2. The quantitative estimate of drug-likeness (QED) is 0.317. The second kappa shape index (κ2) is 8.87. The van der Waals surface area contributed by atoms with Gasteiger partial charge in [0.05, 0.1) is 0 Å². The Labute approximate surface area is 55.1 Å². The molecule has 0 aliphatic rings. The van der Waals surface area contributed by atoms with Crippen LogP contribution in [-0.4, -0.2) is 55.5 Å². The van der Waals surface area contributed by atoms with E-state index in [-0.39, 0.29) is 37.7 Å². The predicted molar refractivity (Wildman–Crippen MR) is 20.1 cm³/mol. The van der Waals surface area contributed by atoms with Crippen LogP contribution in [-0.2, 0) is 0 Å². The Morgan fingerprint density at radius 2 is 1.25 bits per heavy atom. The summed E-state index contributed by atoms with van der Waals surface area (Å²) < 4.78 is 0. The Balaban J connectivity index is 0. The molecule has 0 rings (SSSR count).